The largest absolute Gasteiger partial charge is 0.492 e. The van der Waals surface area contributed by atoms with E-state index in [0.717, 1.165) is 5.75 Å². The molecule has 0 unspecified atom stereocenters. The van der Waals surface area contributed by atoms with E-state index in [-0.39, 0.29) is 24.2 Å². The van der Waals surface area contributed by atoms with Gasteiger partial charge in [-0.3, -0.25) is 9.59 Å². The zero-order valence-electron chi connectivity index (χ0n) is 15.2. The van der Waals surface area contributed by atoms with Gasteiger partial charge in [-0.2, -0.15) is 0 Å². The Morgan fingerprint density at radius 2 is 1.88 bits per heavy atom. The predicted molar refractivity (Wildman–Crippen MR) is 101 cm³/mol. The van der Waals surface area contributed by atoms with Gasteiger partial charge in [0.25, 0.3) is 0 Å². The molecule has 0 saturated heterocycles. The molecule has 1 amide bonds. The van der Waals surface area contributed by atoms with Crippen molar-refractivity contribution in [3.05, 3.63) is 45.9 Å². The topological polar surface area (TPSA) is 88.5 Å². The van der Waals surface area contributed by atoms with Crippen LogP contribution in [0.2, 0.25) is 0 Å². The first-order valence-electron chi connectivity index (χ1n) is 8.39. The number of carboxylic acid groups (broad SMARTS) is 1. The molecule has 2 N–H and O–H groups in total. The molecule has 0 atom stereocenters. The van der Waals surface area contributed by atoms with Gasteiger partial charge in [-0.05, 0) is 23.1 Å². The van der Waals surface area contributed by atoms with Gasteiger partial charge in [0, 0.05) is 5.38 Å². The Labute approximate surface area is 157 Å². The number of nitrogens with one attached hydrogen (secondary N) is 1. The first kappa shape index (κ1) is 19.9. The van der Waals surface area contributed by atoms with Gasteiger partial charge >= 0.3 is 5.97 Å². The molecule has 0 spiro atoms. The molecule has 0 aliphatic rings. The maximum absolute atomic E-state index is 11.9. The van der Waals surface area contributed by atoms with Crippen molar-refractivity contribution in [2.75, 3.05) is 13.2 Å². The third-order valence-corrected chi connectivity index (χ3v) is 4.55. The summed E-state index contributed by atoms with van der Waals surface area (Å²) in [5.74, 6) is -0.322. The number of carboxylic acids is 1. The average Bonchev–Trinajstić information content (AvgIpc) is 2.97. The molecule has 7 heteroatoms. The van der Waals surface area contributed by atoms with Gasteiger partial charge in [-0.25, -0.2) is 4.98 Å². The van der Waals surface area contributed by atoms with Gasteiger partial charge in [-0.1, -0.05) is 32.9 Å². The van der Waals surface area contributed by atoms with Crippen molar-refractivity contribution in [3.8, 4) is 5.75 Å². The number of carbonyl (C=O) groups is 2. The van der Waals surface area contributed by atoms with Crippen LogP contribution in [0.4, 0.5) is 0 Å². The molecule has 2 aromatic rings. The SMILES string of the molecule is CC(C)(C)c1ccc(OCCNC(=O)Cc2nc(CC(=O)O)cs2)cc1. The highest BCUT2D eigenvalue weighted by Gasteiger charge is 2.13. The van der Waals surface area contributed by atoms with E-state index in [2.05, 4.69) is 31.1 Å². The van der Waals surface area contributed by atoms with Crippen LogP contribution in [0.15, 0.2) is 29.6 Å². The van der Waals surface area contributed by atoms with Gasteiger partial charge in [0.15, 0.2) is 0 Å². The Kier molecular flexibility index (Phi) is 6.74. The molecule has 1 heterocycles. The van der Waals surface area contributed by atoms with Crippen molar-refractivity contribution >= 4 is 23.2 Å². The van der Waals surface area contributed by atoms with Crippen LogP contribution >= 0.6 is 11.3 Å². The molecule has 140 valence electrons. The Morgan fingerprint density at radius 1 is 1.19 bits per heavy atom. The fraction of sp³-hybridized carbons (Fsp3) is 0.421. The molecule has 0 radical (unpaired) electrons. The van der Waals surface area contributed by atoms with Crippen molar-refractivity contribution in [3.63, 3.8) is 0 Å². The summed E-state index contributed by atoms with van der Waals surface area (Å²) in [5.41, 5.74) is 1.82. The van der Waals surface area contributed by atoms with Crippen molar-refractivity contribution in [1.29, 1.82) is 0 Å². The summed E-state index contributed by atoms with van der Waals surface area (Å²) in [4.78, 5) is 26.7. The Hall–Kier alpha value is -2.41. The Balaban J connectivity index is 1.70. The lowest BCUT2D eigenvalue weighted by atomic mass is 9.87. The van der Waals surface area contributed by atoms with Crippen molar-refractivity contribution in [2.24, 2.45) is 0 Å². The molecule has 0 saturated carbocycles. The maximum Gasteiger partial charge on any atom is 0.309 e. The molecule has 1 aromatic carbocycles. The first-order valence-corrected chi connectivity index (χ1v) is 9.27. The van der Waals surface area contributed by atoms with Crippen LogP contribution in [-0.2, 0) is 27.8 Å². The number of nitrogens with zero attached hydrogens (tertiary/aromatic N) is 1. The summed E-state index contributed by atoms with van der Waals surface area (Å²) in [6, 6.07) is 7.96. The molecule has 0 aliphatic heterocycles. The van der Waals surface area contributed by atoms with Crippen LogP contribution in [0.3, 0.4) is 0 Å². The number of hydrogen-bond acceptors (Lipinski definition) is 5. The van der Waals surface area contributed by atoms with E-state index in [0.29, 0.717) is 23.9 Å². The number of thiazole rings is 1. The van der Waals surface area contributed by atoms with Gasteiger partial charge < -0.3 is 15.2 Å². The Morgan fingerprint density at radius 3 is 2.50 bits per heavy atom. The Bertz CT molecular complexity index is 748. The maximum atomic E-state index is 11.9. The summed E-state index contributed by atoms with van der Waals surface area (Å²) in [6.45, 7) is 7.25. The number of ether oxygens (including phenoxy) is 1. The second-order valence-corrected chi connectivity index (χ2v) is 7.90. The van der Waals surface area contributed by atoms with E-state index in [1.807, 2.05) is 24.3 Å². The average molecular weight is 376 g/mol. The minimum Gasteiger partial charge on any atom is -0.492 e. The van der Waals surface area contributed by atoms with Crippen molar-refractivity contribution < 1.29 is 19.4 Å². The van der Waals surface area contributed by atoms with E-state index >= 15 is 0 Å². The highest BCUT2D eigenvalue weighted by atomic mass is 32.1. The summed E-state index contributed by atoms with van der Waals surface area (Å²) in [5, 5.41) is 13.8. The van der Waals surface area contributed by atoms with Gasteiger partial charge in [0.05, 0.1) is 25.1 Å². The van der Waals surface area contributed by atoms with Crippen LogP contribution in [-0.4, -0.2) is 35.1 Å². The van der Waals surface area contributed by atoms with Gasteiger partial charge in [0.1, 0.15) is 17.4 Å². The summed E-state index contributed by atoms with van der Waals surface area (Å²) >= 11 is 1.29. The van der Waals surface area contributed by atoms with Crippen LogP contribution in [0, 0.1) is 0 Å². The normalized spacial score (nSPS) is 11.2. The lowest BCUT2D eigenvalue weighted by molar-refractivity contribution is -0.136. The van der Waals surface area contributed by atoms with Crippen molar-refractivity contribution in [1.82, 2.24) is 10.3 Å². The van der Waals surface area contributed by atoms with Gasteiger partial charge in [0.2, 0.25) is 5.91 Å². The molecular formula is C19H24N2O4S. The van der Waals surface area contributed by atoms with E-state index < -0.39 is 5.97 Å². The number of aliphatic carboxylic acids is 1. The number of rotatable bonds is 8. The summed E-state index contributed by atoms with van der Waals surface area (Å²) in [6.07, 6.45) is 0.0184. The smallest absolute Gasteiger partial charge is 0.309 e. The zero-order chi connectivity index (χ0) is 19.2. The zero-order valence-corrected chi connectivity index (χ0v) is 16.1. The summed E-state index contributed by atoms with van der Waals surface area (Å²) in [7, 11) is 0. The number of hydrogen-bond donors (Lipinski definition) is 2. The number of amides is 1. The second-order valence-electron chi connectivity index (χ2n) is 6.95. The highest BCUT2D eigenvalue weighted by molar-refractivity contribution is 7.09. The minimum atomic E-state index is -0.931. The number of aromatic nitrogens is 1. The molecule has 6 nitrogen and oxygen atoms in total. The second kappa shape index (κ2) is 8.80. The molecule has 0 aliphatic carbocycles. The van der Waals surface area contributed by atoms with E-state index in [1.54, 1.807) is 5.38 Å². The highest BCUT2D eigenvalue weighted by Crippen LogP contribution is 2.24. The molecular weight excluding hydrogens is 352 g/mol. The predicted octanol–water partition coefficient (Wildman–Crippen LogP) is 2.81. The van der Waals surface area contributed by atoms with E-state index in [1.165, 1.54) is 16.9 Å². The van der Waals surface area contributed by atoms with E-state index in [4.69, 9.17) is 9.84 Å². The number of carbonyl (C=O) groups excluding carboxylic acids is 1. The van der Waals surface area contributed by atoms with Crippen LogP contribution in [0.1, 0.15) is 37.0 Å². The monoisotopic (exact) mass is 376 g/mol. The van der Waals surface area contributed by atoms with Crippen LogP contribution in [0.25, 0.3) is 0 Å². The molecule has 0 fully saturated rings. The molecule has 2 rings (SSSR count). The van der Waals surface area contributed by atoms with E-state index in [9.17, 15) is 9.59 Å². The fourth-order valence-corrected chi connectivity index (χ4v) is 3.07. The third kappa shape index (κ3) is 6.48. The molecule has 1 aromatic heterocycles. The lowest BCUT2D eigenvalue weighted by Crippen LogP contribution is -2.29. The standard InChI is InChI=1S/C19H24N2O4S/c1-19(2,3)13-4-6-15(7-5-13)25-9-8-20-16(22)11-17-21-14(12-26-17)10-18(23)24/h4-7,12H,8-11H2,1-3H3,(H,20,22)(H,23,24). The van der Waals surface area contributed by atoms with Crippen molar-refractivity contribution in [2.45, 2.75) is 39.0 Å². The van der Waals surface area contributed by atoms with Gasteiger partial charge in [-0.15, -0.1) is 11.3 Å². The quantitative estimate of drug-likeness (QED) is 0.692. The lowest BCUT2D eigenvalue weighted by Gasteiger charge is -2.19. The number of benzene rings is 1. The first-order chi connectivity index (χ1) is 12.2. The minimum absolute atomic E-state index is 0.104. The summed E-state index contributed by atoms with van der Waals surface area (Å²) < 4.78 is 5.63. The molecule has 26 heavy (non-hydrogen) atoms. The third-order valence-electron chi connectivity index (χ3n) is 3.66. The van der Waals surface area contributed by atoms with Crippen LogP contribution < -0.4 is 10.1 Å². The van der Waals surface area contributed by atoms with Crippen LogP contribution in [0.5, 0.6) is 5.75 Å². The molecule has 0 bridgehead atoms. The fourth-order valence-electron chi connectivity index (χ4n) is 2.28.